The van der Waals surface area contributed by atoms with Crippen LogP contribution in [0.2, 0.25) is 0 Å². The van der Waals surface area contributed by atoms with Gasteiger partial charge in [-0.15, -0.1) is 0 Å². The summed E-state index contributed by atoms with van der Waals surface area (Å²) in [4.78, 5) is 4.54. The standard InChI is InChI=1S/C20H20N6O/c1-20(2)18-15(11-23-20)17(14(10-21)19(22)25-18)13-9-12(27-3)5-6-16(13)26-8-4-7-24-26/h4-9,23H,11H2,1-3H3,(H2,22,25). The fourth-order valence-electron chi connectivity index (χ4n) is 3.59. The lowest BCUT2D eigenvalue weighted by atomic mass is 9.90. The molecule has 3 heterocycles. The maximum atomic E-state index is 9.83. The molecule has 3 N–H and O–H groups in total. The van der Waals surface area contributed by atoms with Gasteiger partial charge in [0.2, 0.25) is 0 Å². The molecule has 136 valence electrons. The zero-order valence-electron chi connectivity index (χ0n) is 15.4. The van der Waals surface area contributed by atoms with Crippen molar-refractivity contribution < 1.29 is 4.74 Å². The molecule has 0 saturated heterocycles. The monoisotopic (exact) mass is 360 g/mol. The minimum Gasteiger partial charge on any atom is -0.497 e. The zero-order chi connectivity index (χ0) is 19.2. The molecular weight excluding hydrogens is 340 g/mol. The lowest BCUT2D eigenvalue weighted by molar-refractivity contribution is 0.415. The molecule has 7 heteroatoms. The van der Waals surface area contributed by atoms with Crippen LogP contribution >= 0.6 is 0 Å². The number of nitrogens with two attached hydrogens (primary N) is 1. The summed E-state index contributed by atoms with van der Waals surface area (Å²) < 4.78 is 7.21. The number of rotatable bonds is 3. The maximum Gasteiger partial charge on any atom is 0.142 e. The fraction of sp³-hybridized carbons (Fsp3) is 0.250. The summed E-state index contributed by atoms with van der Waals surface area (Å²) in [5.41, 5.74) is 10.5. The van der Waals surface area contributed by atoms with Gasteiger partial charge in [-0.2, -0.15) is 10.4 Å². The summed E-state index contributed by atoms with van der Waals surface area (Å²) in [5.74, 6) is 0.927. The Morgan fingerprint density at radius 3 is 2.85 bits per heavy atom. The largest absolute Gasteiger partial charge is 0.497 e. The minimum atomic E-state index is -0.323. The van der Waals surface area contributed by atoms with Gasteiger partial charge in [-0.3, -0.25) is 0 Å². The molecule has 1 aliphatic heterocycles. The van der Waals surface area contributed by atoms with Crippen LogP contribution in [0.1, 0.15) is 30.7 Å². The van der Waals surface area contributed by atoms with Crippen LogP contribution in [0.5, 0.6) is 5.75 Å². The second kappa shape index (κ2) is 6.11. The average molecular weight is 360 g/mol. The molecule has 0 fully saturated rings. The Morgan fingerprint density at radius 1 is 1.37 bits per heavy atom. The Kier molecular flexibility index (Phi) is 3.86. The van der Waals surface area contributed by atoms with Crippen LogP contribution in [0.4, 0.5) is 5.82 Å². The van der Waals surface area contributed by atoms with Crippen LogP contribution < -0.4 is 15.8 Å². The SMILES string of the molecule is COc1ccc(-n2cccn2)c(-c2c(C#N)c(N)nc3c2CNC3(C)C)c1. The van der Waals surface area contributed by atoms with Gasteiger partial charge >= 0.3 is 0 Å². The topological polar surface area (TPSA) is 102 Å². The number of nitrogen functional groups attached to an aromatic ring is 1. The van der Waals surface area contributed by atoms with Crippen LogP contribution in [-0.2, 0) is 12.1 Å². The molecule has 0 atom stereocenters. The van der Waals surface area contributed by atoms with Gasteiger partial charge in [0.25, 0.3) is 0 Å². The van der Waals surface area contributed by atoms with E-state index in [9.17, 15) is 5.26 Å². The molecule has 7 nitrogen and oxygen atoms in total. The molecule has 0 amide bonds. The molecule has 1 aliphatic rings. The summed E-state index contributed by atoms with van der Waals surface area (Å²) in [6, 6.07) is 9.82. The Morgan fingerprint density at radius 2 is 2.19 bits per heavy atom. The Bertz CT molecular complexity index is 1060. The van der Waals surface area contributed by atoms with Crippen molar-refractivity contribution >= 4 is 5.82 Å². The second-order valence-corrected chi connectivity index (χ2v) is 7.00. The first-order valence-corrected chi connectivity index (χ1v) is 8.62. The Hall–Kier alpha value is -3.37. The molecule has 0 bridgehead atoms. The number of nitrogens with zero attached hydrogens (tertiary/aromatic N) is 4. The summed E-state index contributed by atoms with van der Waals surface area (Å²) in [6.07, 6.45) is 3.58. The molecular formula is C20H20N6O. The second-order valence-electron chi connectivity index (χ2n) is 7.00. The number of hydrogen-bond donors (Lipinski definition) is 2. The quantitative estimate of drug-likeness (QED) is 0.745. The van der Waals surface area contributed by atoms with E-state index in [0.29, 0.717) is 17.9 Å². The molecule has 1 aromatic carbocycles. The van der Waals surface area contributed by atoms with E-state index < -0.39 is 0 Å². The van der Waals surface area contributed by atoms with E-state index in [-0.39, 0.29) is 11.4 Å². The summed E-state index contributed by atoms with van der Waals surface area (Å²) in [5, 5.41) is 17.6. The van der Waals surface area contributed by atoms with E-state index in [4.69, 9.17) is 10.5 Å². The molecule has 0 saturated carbocycles. The van der Waals surface area contributed by atoms with Crippen LogP contribution in [0.15, 0.2) is 36.7 Å². The van der Waals surface area contributed by atoms with Gasteiger partial charge in [0.15, 0.2) is 0 Å². The molecule has 27 heavy (non-hydrogen) atoms. The minimum absolute atomic E-state index is 0.234. The van der Waals surface area contributed by atoms with Crippen molar-refractivity contribution in [3.8, 4) is 28.6 Å². The highest BCUT2D eigenvalue weighted by atomic mass is 16.5. The van der Waals surface area contributed by atoms with Gasteiger partial charge in [-0.05, 0) is 43.7 Å². The van der Waals surface area contributed by atoms with Gasteiger partial charge in [-0.25, -0.2) is 9.67 Å². The molecule has 0 aliphatic carbocycles. The molecule has 3 aromatic rings. The maximum absolute atomic E-state index is 9.83. The van der Waals surface area contributed by atoms with Crippen LogP contribution in [0.25, 0.3) is 16.8 Å². The van der Waals surface area contributed by atoms with Crippen molar-refractivity contribution in [1.82, 2.24) is 20.1 Å². The summed E-state index contributed by atoms with van der Waals surface area (Å²) >= 11 is 0. The Labute approximate surface area is 157 Å². The highest BCUT2D eigenvalue weighted by Crippen LogP contribution is 2.42. The predicted molar refractivity (Wildman–Crippen MR) is 102 cm³/mol. The molecule has 4 rings (SSSR count). The molecule has 2 aromatic heterocycles. The predicted octanol–water partition coefficient (Wildman–Crippen LogP) is 2.74. The number of aromatic nitrogens is 3. The van der Waals surface area contributed by atoms with Gasteiger partial charge in [0.1, 0.15) is 23.2 Å². The molecule has 0 unspecified atom stereocenters. The summed E-state index contributed by atoms with van der Waals surface area (Å²) in [7, 11) is 1.62. The van der Waals surface area contributed by atoms with Crippen molar-refractivity contribution in [2.45, 2.75) is 25.9 Å². The number of fused-ring (bicyclic) bond motifs is 1. The summed E-state index contributed by atoms with van der Waals surface area (Å²) in [6.45, 7) is 4.72. The van der Waals surface area contributed by atoms with Crippen molar-refractivity contribution in [2.24, 2.45) is 0 Å². The van der Waals surface area contributed by atoms with E-state index >= 15 is 0 Å². The Balaban J connectivity index is 2.10. The molecule has 0 radical (unpaired) electrons. The first-order valence-electron chi connectivity index (χ1n) is 8.62. The zero-order valence-corrected chi connectivity index (χ0v) is 15.4. The van der Waals surface area contributed by atoms with Crippen molar-refractivity contribution in [1.29, 1.82) is 5.26 Å². The lowest BCUT2D eigenvalue weighted by Crippen LogP contribution is -2.29. The van der Waals surface area contributed by atoms with Crippen molar-refractivity contribution in [3.63, 3.8) is 0 Å². The van der Waals surface area contributed by atoms with Crippen molar-refractivity contribution in [2.75, 3.05) is 12.8 Å². The van der Waals surface area contributed by atoms with Crippen LogP contribution in [0.3, 0.4) is 0 Å². The van der Waals surface area contributed by atoms with E-state index in [0.717, 1.165) is 28.1 Å². The fourth-order valence-corrected chi connectivity index (χ4v) is 3.59. The third-order valence-electron chi connectivity index (χ3n) is 4.96. The van der Waals surface area contributed by atoms with Crippen LogP contribution in [-0.4, -0.2) is 21.9 Å². The van der Waals surface area contributed by atoms with Gasteiger partial charge in [0.05, 0.1) is 24.0 Å². The number of ether oxygens (including phenoxy) is 1. The average Bonchev–Trinajstić information content (AvgIpc) is 3.29. The number of benzene rings is 1. The number of nitriles is 1. The number of pyridine rings is 1. The van der Waals surface area contributed by atoms with E-state index in [1.165, 1.54) is 0 Å². The number of methoxy groups -OCH3 is 1. The van der Waals surface area contributed by atoms with E-state index in [1.807, 2.05) is 30.5 Å². The third-order valence-corrected chi connectivity index (χ3v) is 4.96. The number of nitrogens with one attached hydrogen (secondary N) is 1. The van der Waals surface area contributed by atoms with Crippen LogP contribution in [0, 0.1) is 11.3 Å². The van der Waals surface area contributed by atoms with Gasteiger partial charge in [-0.1, -0.05) is 0 Å². The highest BCUT2D eigenvalue weighted by Gasteiger charge is 2.35. The first-order chi connectivity index (χ1) is 13.0. The lowest BCUT2D eigenvalue weighted by Gasteiger charge is -2.21. The normalized spacial score (nSPS) is 14.6. The first kappa shape index (κ1) is 17.1. The highest BCUT2D eigenvalue weighted by molar-refractivity contribution is 5.85. The molecule has 0 spiro atoms. The third kappa shape index (κ3) is 2.62. The smallest absolute Gasteiger partial charge is 0.142 e. The van der Waals surface area contributed by atoms with Gasteiger partial charge < -0.3 is 15.8 Å². The number of hydrogen-bond acceptors (Lipinski definition) is 6. The van der Waals surface area contributed by atoms with E-state index in [1.54, 1.807) is 18.0 Å². The van der Waals surface area contributed by atoms with Crippen molar-refractivity contribution in [3.05, 3.63) is 53.5 Å². The number of anilines is 1. The van der Waals surface area contributed by atoms with Gasteiger partial charge in [0, 0.05) is 30.1 Å². The van der Waals surface area contributed by atoms with E-state index in [2.05, 4.69) is 35.3 Å².